The number of hydrogen-bond acceptors (Lipinski definition) is 4. The molecule has 0 radical (unpaired) electrons. The highest BCUT2D eigenvalue weighted by molar-refractivity contribution is 5.94. The number of carbonyl (C=O) groups is 2. The molecular formula is C20H22N4O3. The third-order valence-corrected chi connectivity index (χ3v) is 4.06. The van der Waals surface area contributed by atoms with Crippen LogP contribution in [0.1, 0.15) is 30.2 Å². The predicted molar refractivity (Wildman–Crippen MR) is 104 cm³/mol. The Labute approximate surface area is 157 Å². The van der Waals surface area contributed by atoms with Crippen LogP contribution in [0, 0.1) is 0 Å². The quantitative estimate of drug-likeness (QED) is 0.702. The zero-order chi connectivity index (χ0) is 19.4. The highest BCUT2D eigenvalue weighted by Crippen LogP contribution is 2.24. The third kappa shape index (κ3) is 4.08. The number of imidazole rings is 1. The van der Waals surface area contributed by atoms with Crippen LogP contribution in [0.5, 0.6) is 5.75 Å². The van der Waals surface area contributed by atoms with Gasteiger partial charge in [0.15, 0.2) is 6.61 Å². The number of ether oxygens (including phenoxy) is 1. The molecule has 0 bridgehead atoms. The molecule has 0 aliphatic rings. The number of anilines is 1. The maximum atomic E-state index is 12.3. The number of para-hydroxylation sites is 2. The minimum absolute atomic E-state index is 0.137. The maximum Gasteiger partial charge on any atom is 0.264 e. The van der Waals surface area contributed by atoms with Crippen molar-refractivity contribution in [1.29, 1.82) is 0 Å². The van der Waals surface area contributed by atoms with Crippen molar-refractivity contribution in [3.05, 3.63) is 54.1 Å². The fraction of sp³-hybridized carbons (Fsp3) is 0.250. The van der Waals surface area contributed by atoms with Crippen molar-refractivity contribution in [2.45, 2.75) is 19.9 Å². The molecule has 27 heavy (non-hydrogen) atoms. The van der Waals surface area contributed by atoms with Gasteiger partial charge in [-0.25, -0.2) is 4.98 Å². The number of aromatic nitrogens is 2. The smallest absolute Gasteiger partial charge is 0.264 e. The van der Waals surface area contributed by atoms with Crippen molar-refractivity contribution in [2.24, 2.45) is 0 Å². The van der Waals surface area contributed by atoms with E-state index in [1.807, 2.05) is 42.7 Å². The fourth-order valence-corrected chi connectivity index (χ4v) is 2.84. The topological polar surface area (TPSA) is 85.2 Å². The van der Waals surface area contributed by atoms with Crippen molar-refractivity contribution >= 4 is 28.8 Å². The van der Waals surface area contributed by atoms with E-state index in [4.69, 9.17) is 4.74 Å². The summed E-state index contributed by atoms with van der Waals surface area (Å²) in [7, 11) is 1.56. The van der Waals surface area contributed by atoms with Crippen LogP contribution in [0.25, 0.3) is 11.0 Å². The Bertz CT molecular complexity index is 978. The molecule has 0 saturated carbocycles. The van der Waals surface area contributed by atoms with Gasteiger partial charge in [-0.05, 0) is 44.2 Å². The van der Waals surface area contributed by atoms with Gasteiger partial charge in [-0.2, -0.15) is 0 Å². The molecule has 3 aromatic rings. The van der Waals surface area contributed by atoms with Crippen LogP contribution in [0.15, 0.2) is 48.5 Å². The number of carbonyl (C=O) groups excluding carboxylic acids is 2. The molecule has 0 aliphatic carbocycles. The Hall–Kier alpha value is -3.35. The van der Waals surface area contributed by atoms with E-state index in [9.17, 15) is 9.59 Å². The van der Waals surface area contributed by atoms with Crippen LogP contribution < -0.4 is 15.4 Å². The van der Waals surface area contributed by atoms with E-state index in [0.717, 1.165) is 11.0 Å². The Morgan fingerprint density at radius 1 is 1.15 bits per heavy atom. The average Bonchev–Trinajstić information content (AvgIpc) is 3.03. The van der Waals surface area contributed by atoms with E-state index in [1.54, 1.807) is 31.3 Å². The first kappa shape index (κ1) is 18.4. The molecule has 7 nitrogen and oxygen atoms in total. The first-order chi connectivity index (χ1) is 13.0. The number of nitrogens with zero attached hydrogens (tertiary/aromatic N) is 2. The summed E-state index contributed by atoms with van der Waals surface area (Å²) in [4.78, 5) is 28.5. The van der Waals surface area contributed by atoms with Gasteiger partial charge in [0.1, 0.15) is 5.75 Å². The van der Waals surface area contributed by atoms with E-state index >= 15 is 0 Å². The lowest BCUT2D eigenvalue weighted by Crippen LogP contribution is -2.23. The molecule has 0 saturated heterocycles. The Kier molecular flexibility index (Phi) is 5.40. The van der Waals surface area contributed by atoms with Gasteiger partial charge >= 0.3 is 0 Å². The maximum absolute atomic E-state index is 12.3. The summed E-state index contributed by atoms with van der Waals surface area (Å²) in [5, 5.41) is 5.36. The highest BCUT2D eigenvalue weighted by atomic mass is 16.5. The summed E-state index contributed by atoms with van der Waals surface area (Å²) >= 11 is 0. The second-order valence-electron chi connectivity index (χ2n) is 6.33. The van der Waals surface area contributed by atoms with Gasteiger partial charge in [0.25, 0.3) is 11.8 Å². The summed E-state index contributed by atoms with van der Waals surface area (Å²) in [6, 6.07) is 14.5. The molecule has 0 aliphatic heterocycles. The average molecular weight is 366 g/mol. The lowest BCUT2D eigenvalue weighted by Gasteiger charge is -2.13. The van der Waals surface area contributed by atoms with Gasteiger partial charge in [-0.15, -0.1) is 0 Å². The monoisotopic (exact) mass is 366 g/mol. The Morgan fingerprint density at radius 2 is 1.93 bits per heavy atom. The second-order valence-corrected chi connectivity index (χ2v) is 6.33. The third-order valence-electron chi connectivity index (χ3n) is 4.06. The zero-order valence-corrected chi connectivity index (χ0v) is 15.5. The van der Waals surface area contributed by atoms with E-state index in [1.165, 1.54) is 0 Å². The number of nitrogens with one attached hydrogen (secondary N) is 2. The molecule has 7 heteroatoms. The van der Waals surface area contributed by atoms with Gasteiger partial charge in [-0.1, -0.05) is 18.2 Å². The molecule has 0 spiro atoms. The van der Waals surface area contributed by atoms with Gasteiger partial charge < -0.3 is 14.6 Å². The van der Waals surface area contributed by atoms with Crippen LogP contribution in [0.3, 0.4) is 0 Å². The number of fused-ring (bicyclic) bond motifs is 1. The van der Waals surface area contributed by atoms with Crippen molar-refractivity contribution < 1.29 is 14.3 Å². The largest absolute Gasteiger partial charge is 0.484 e. The molecule has 140 valence electrons. The van der Waals surface area contributed by atoms with Crippen molar-refractivity contribution in [3.8, 4) is 5.75 Å². The summed E-state index contributed by atoms with van der Waals surface area (Å²) in [6.45, 7) is 3.88. The van der Waals surface area contributed by atoms with Gasteiger partial charge in [-0.3, -0.25) is 14.9 Å². The minimum Gasteiger partial charge on any atom is -0.484 e. The first-order valence-electron chi connectivity index (χ1n) is 8.71. The van der Waals surface area contributed by atoms with Crippen LogP contribution in [-0.2, 0) is 4.79 Å². The summed E-state index contributed by atoms with van der Waals surface area (Å²) in [6.07, 6.45) is 0. The van der Waals surface area contributed by atoms with Crippen molar-refractivity contribution in [2.75, 3.05) is 19.0 Å². The van der Waals surface area contributed by atoms with Crippen LogP contribution in [0.2, 0.25) is 0 Å². The van der Waals surface area contributed by atoms with E-state index in [-0.39, 0.29) is 24.5 Å². The van der Waals surface area contributed by atoms with Crippen LogP contribution in [0.4, 0.5) is 5.95 Å². The molecule has 1 heterocycles. The van der Waals surface area contributed by atoms with Gasteiger partial charge in [0, 0.05) is 18.7 Å². The Morgan fingerprint density at radius 3 is 2.67 bits per heavy atom. The standard InChI is InChI=1S/C20H22N4O3/c1-13(2)24-17-10-5-4-9-16(17)22-20(24)23-18(25)12-27-15-8-6-7-14(11-15)19(26)21-3/h4-11,13H,12H2,1-3H3,(H,21,26)(H,22,23,25). The van der Waals surface area contributed by atoms with Crippen molar-refractivity contribution in [1.82, 2.24) is 14.9 Å². The molecule has 0 atom stereocenters. The van der Waals surface area contributed by atoms with E-state index in [0.29, 0.717) is 17.3 Å². The number of hydrogen-bond donors (Lipinski definition) is 2. The summed E-state index contributed by atoms with van der Waals surface area (Å²) < 4.78 is 7.49. The fourth-order valence-electron chi connectivity index (χ4n) is 2.84. The molecular weight excluding hydrogens is 344 g/mol. The van der Waals surface area contributed by atoms with Gasteiger partial charge in [0.2, 0.25) is 5.95 Å². The second kappa shape index (κ2) is 7.90. The van der Waals surface area contributed by atoms with E-state index < -0.39 is 0 Å². The normalized spacial score (nSPS) is 10.8. The van der Waals surface area contributed by atoms with Gasteiger partial charge in [0.05, 0.1) is 11.0 Å². The molecule has 2 amide bonds. The lowest BCUT2D eigenvalue weighted by molar-refractivity contribution is -0.118. The number of rotatable bonds is 6. The number of amides is 2. The SMILES string of the molecule is CNC(=O)c1cccc(OCC(=O)Nc2nc3ccccc3n2C(C)C)c1. The van der Waals surface area contributed by atoms with Crippen LogP contribution >= 0.6 is 0 Å². The predicted octanol–water partition coefficient (Wildman–Crippen LogP) is 2.99. The number of benzene rings is 2. The summed E-state index contributed by atoms with van der Waals surface area (Å²) in [5.41, 5.74) is 2.25. The highest BCUT2D eigenvalue weighted by Gasteiger charge is 2.15. The van der Waals surface area contributed by atoms with E-state index in [2.05, 4.69) is 15.6 Å². The molecule has 3 rings (SSSR count). The van der Waals surface area contributed by atoms with Crippen LogP contribution in [-0.4, -0.2) is 35.0 Å². The van der Waals surface area contributed by atoms with Crippen molar-refractivity contribution in [3.63, 3.8) is 0 Å². The summed E-state index contributed by atoms with van der Waals surface area (Å²) in [5.74, 6) is 0.399. The molecule has 0 fully saturated rings. The lowest BCUT2D eigenvalue weighted by atomic mass is 10.2. The zero-order valence-electron chi connectivity index (χ0n) is 15.5. The Balaban J connectivity index is 1.71. The first-order valence-corrected chi connectivity index (χ1v) is 8.71. The molecule has 2 aromatic carbocycles. The molecule has 0 unspecified atom stereocenters. The molecule has 1 aromatic heterocycles. The minimum atomic E-state index is -0.322. The molecule has 2 N–H and O–H groups in total.